The number of carbonyl (C=O) groups excluding carboxylic acids is 2. The Morgan fingerprint density at radius 1 is 1.00 bits per heavy atom. The van der Waals surface area contributed by atoms with Crippen molar-refractivity contribution in [1.29, 1.82) is 0 Å². The van der Waals surface area contributed by atoms with Gasteiger partial charge < -0.3 is 27.5 Å². The Bertz CT molecular complexity index is 103. The number of carbonyl (C=O) groups is 2. The third-order valence-corrected chi connectivity index (χ3v) is 0.655. The topological polar surface area (TPSA) is 98.7 Å². The van der Waals surface area contributed by atoms with Gasteiger partial charge in [0.15, 0.2) is 0 Å². The van der Waals surface area contributed by atoms with Crippen molar-refractivity contribution < 1.29 is 27.5 Å². The molecule has 0 atom stereocenters. The van der Waals surface area contributed by atoms with Gasteiger partial charge in [-0.15, -0.1) is 0 Å². The van der Waals surface area contributed by atoms with Crippen molar-refractivity contribution in [3.8, 4) is 0 Å². The van der Waals surface area contributed by atoms with E-state index in [4.69, 9.17) is 19.8 Å². The fourth-order valence-corrected chi connectivity index (χ4v) is 0. The minimum atomic E-state index is -1.58. The molecule has 0 radical (unpaired) electrons. The molecule has 0 bridgehead atoms. The van der Waals surface area contributed by atoms with Crippen LogP contribution < -0.4 is 10.2 Å². The first-order valence-corrected chi connectivity index (χ1v) is 2.83. The molecule has 6 nitrogen and oxygen atoms in total. The van der Waals surface area contributed by atoms with E-state index in [1.165, 1.54) is 0 Å². The molecule has 9 heteroatoms. The zero-order valence-corrected chi connectivity index (χ0v) is 10.3. The van der Waals surface area contributed by atoms with Gasteiger partial charge in [-0.3, -0.25) is 0 Å². The quantitative estimate of drug-likeness (QED) is 0.527. The van der Waals surface area contributed by atoms with Crippen LogP contribution in [-0.4, -0.2) is 50.0 Å². The van der Waals surface area contributed by atoms with Crippen LogP contribution in [0.5, 0.6) is 0 Å². The number of carboxylic acid groups (broad SMARTS) is 2. The first-order valence-electron chi connectivity index (χ1n) is 1.53. The predicted molar refractivity (Wildman–Crippen MR) is 36.6 cm³/mol. The summed E-state index contributed by atoms with van der Waals surface area (Å²) in [5.74, 6) is 0. The van der Waals surface area contributed by atoms with Crippen molar-refractivity contribution in [1.82, 2.24) is 0 Å². The van der Waals surface area contributed by atoms with Gasteiger partial charge in [0.05, 0.1) is 32.5 Å². The molecular weight excluding hydrogens is 320 g/mol. The molecule has 60 valence electrons. The first kappa shape index (κ1) is 17.7. The van der Waals surface area contributed by atoms with Gasteiger partial charge >= 0.3 is 37.7 Å². The summed E-state index contributed by atoms with van der Waals surface area (Å²) in [6.07, 6.45) is -3.16. The van der Waals surface area contributed by atoms with E-state index in [1.807, 2.05) is 0 Å². The standard InChI is InChI=1S/2CHBrO3.Ca/c2*2-5-1(3)4;/h2*(H,3,4);/q;;+2/p-2. The third-order valence-electron chi connectivity index (χ3n) is 0.126. The van der Waals surface area contributed by atoms with Crippen molar-refractivity contribution in [2.45, 2.75) is 0 Å². The Hall–Kier alpha value is 0.760. The second kappa shape index (κ2) is 13.4. The van der Waals surface area contributed by atoms with Crippen molar-refractivity contribution in [3.63, 3.8) is 0 Å². The molecule has 0 aliphatic carbocycles. The van der Waals surface area contributed by atoms with Crippen LogP contribution in [0.25, 0.3) is 0 Å². The van der Waals surface area contributed by atoms with E-state index in [1.54, 1.807) is 0 Å². The largest absolute Gasteiger partial charge is 2.00 e. The maximum absolute atomic E-state index is 8.99. The fraction of sp³-hybridized carbons (Fsp3) is 0. The van der Waals surface area contributed by atoms with E-state index >= 15 is 0 Å². The number of hydrogen-bond donors (Lipinski definition) is 0. The number of hydrogen-bond acceptors (Lipinski definition) is 6. The summed E-state index contributed by atoms with van der Waals surface area (Å²) >= 11 is 4.30. The van der Waals surface area contributed by atoms with Gasteiger partial charge in [-0.05, 0) is 0 Å². The van der Waals surface area contributed by atoms with Crippen LogP contribution in [-0.2, 0) is 7.66 Å². The summed E-state index contributed by atoms with van der Waals surface area (Å²) < 4.78 is 6.74. The van der Waals surface area contributed by atoms with Gasteiger partial charge in [0.2, 0.25) is 0 Å². The molecule has 0 aliphatic heterocycles. The third kappa shape index (κ3) is 36.4. The zero-order chi connectivity index (χ0) is 8.57. The Morgan fingerprint density at radius 3 is 1.09 bits per heavy atom. The molecular formula is C2Br2CaO6. The van der Waals surface area contributed by atoms with Crippen LogP contribution in [0.4, 0.5) is 9.59 Å². The normalized spacial score (nSPS) is 6.00. The van der Waals surface area contributed by atoms with E-state index in [9.17, 15) is 0 Å². The molecule has 0 rings (SSSR count). The summed E-state index contributed by atoms with van der Waals surface area (Å²) in [7, 11) is 0. The van der Waals surface area contributed by atoms with Crippen molar-refractivity contribution in [2.75, 3.05) is 0 Å². The van der Waals surface area contributed by atoms with Gasteiger partial charge in [-0.2, -0.15) is 0 Å². The summed E-state index contributed by atoms with van der Waals surface area (Å²) in [5.41, 5.74) is 0. The number of rotatable bonds is 0. The number of halogens is 2. The maximum Gasteiger partial charge on any atom is 2.00 e. The predicted octanol–water partition coefficient (Wildman–Crippen LogP) is -1.07. The maximum atomic E-state index is 8.99. The van der Waals surface area contributed by atoms with E-state index in [0.717, 1.165) is 0 Å². The average Bonchev–Trinajstić information content (AvgIpc) is 1.89. The van der Waals surface area contributed by atoms with Crippen LogP contribution in [0.1, 0.15) is 0 Å². The van der Waals surface area contributed by atoms with Gasteiger partial charge in [0.1, 0.15) is 0 Å². The molecule has 0 N–H and O–H groups in total. The Balaban J connectivity index is -0.000000107. The Morgan fingerprint density at radius 2 is 1.09 bits per heavy atom. The molecule has 0 aromatic rings. The second-order valence-electron chi connectivity index (χ2n) is 0.654. The minimum Gasteiger partial charge on any atom is -0.473 e. The fourth-order valence-electron chi connectivity index (χ4n) is 0. The molecule has 0 saturated heterocycles. The summed E-state index contributed by atoms with van der Waals surface area (Å²) in [4.78, 5) is 18.0. The van der Waals surface area contributed by atoms with E-state index in [0.29, 0.717) is 0 Å². The van der Waals surface area contributed by atoms with Crippen molar-refractivity contribution in [3.05, 3.63) is 0 Å². The summed E-state index contributed by atoms with van der Waals surface area (Å²) in [6, 6.07) is 0. The van der Waals surface area contributed by atoms with Crippen molar-refractivity contribution >= 4 is 82.6 Å². The Kier molecular flexibility index (Phi) is 21.5. The zero-order valence-electron chi connectivity index (χ0n) is 4.91. The van der Waals surface area contributed by atoms with Crippen LogP contribution in [0.2, 0.25) is 0 Å². The molecule has 0 spiro atoms. The Labute approximate surface area is 109 Å². The SMILES string of the molecule is O=C([O-])OBr.O=C([O-])OBr.[Ca+2]. The monoisotopic (exact) mass is 318 g/mol. The van der Waals surface area contributed by atoms with Gasteiger partial charge in [0.25, 0.3) is 12.3 Å². The van der Waals surface area contributed by atoms with E-state index in [2.05, 4.69) is 40.2 Å². The minimum absolute atomic E-state index is 0. The van der Waals surface area contributed by atoms with Gasteiger partial charge in [-0.25, -0.2) is 0 Å². The van der Waals surface area contributed by atoms with Crippen LogP contribution in [0.3, 0.4) is 0 Å². The summed E-state index contributed by atoms with van der Waals surface area (Å²) in [5, 5.41) is 18.0. The van der Waals surface area contributed by atoms with Gasteiger partial charge in [-0.1, -0.05) is 0 Å². The molecule has 0 aromatic carbocycles. The molecule has 0 heterocycles. The molecule has 0 aliphatic rings. The molecule has 0 unspecified atom stereocenters. The van der Waals surface area contributed by atoms with Crippen LogP contribution >= 0.6 is 32.5 Å². The molecule has 0 saturated carbocycles. The van der Waals surface area contributed by atoms with Crippen LogP contribution in [0, 0.1) is 0 Å². The molecule has 0 amide bonds. The second-order valence-corrected chi connectivity index (χ2v) is 1.30. The summed E-state index contributed by atoms with van der Waals surface area (Å²) in [6.45, 7) is 0. The van der Waals surface area contributed by atoms with E-state index in [-0.39, 0.29) is 37.7 Å². The average molecular weight is 320 g/mol. The van der Waals surface area contributed by atoms with E-state index < -0.39 is 12.3 Å². The van der Waals surface area contributed by atoms with Crippen molar-refractivity contribution in [2.24, 2.45) is 0 Å². The molecule has 0 aromatic heterocycles. The molecule has 0 fully saturated rings. The first-order chi connectivity index (χ1) is 4.54. The smallest absolute Gasteiger partial charge is 0.473 e. The molecule has 11 heavy (non-hydrogen) atoms. The van der Waals surface area contributed by atoms with Gasteiger partial charge in [0, 0.05) is 0 Å². The van der Waals surface area contributed by atoms with Crippen LogP contribution in [0.15, 0.2) is 0 Å².